The highest BCUT2D eigenvalue weighted by Crippen LogP contribution is 2.39. The quantitative estimate of drug-likeness (QED) is 0.351. The first-order valence-electron chi connectivity index (χ1n) is 13.8. The number of methoxy groups -OCH3 is 3. The average molecular weight is 543 g/mol. The molecule has 1 saturated carbocycles. The Balaban J connectivity index is 1.64. The molecule has 1 amide bonds. The zero-order valence-electron chi connectivity index (χ0n) is 23.5. The van der Waals surface area contributed by atoms with Gasteiger partial charge in [0, 0.05) is 42.4 Å². The maximum Gasteiger partial charge on any atom is 0.254 e. The molecule has 1 aliphatic carbocycles. The molecular formula is C31H40F2N2O4. The number of benzene rings is 2. The number of nitrogens with zero attached hydrogens (tertiary/aromatic N) is 2. The summed E-state index contributed by atoms with van der Waals surface area (Å²) in [6.45, 7) is 3.79. The van der Waals surface area contributed by atoms with Gasteiger partial charge >= 0.3 is 0 Å². The molecule has 2 aromatic carbocycles. The van der Waals surface area contributed by atoms with Crippen molar-refractivity contribution in [3.8, 4) is 17.2 Å². The Labute approximate surface area is 230 Å². The van der Waals surface area contributed by atoms with Crippen LogP contribution >= 0.6 is 0 Å². The number of hydrogen-bond donors (Lipinski definition) is 0. The number of hydrogen-bond acceptors (Lipinski definition) is 5. The van der Waals surface area contributed by atoms with E-state index in [4.69, 9.17) is 14.2 Å². The van der Waals surface area contributed by atoms with E-state index in [1.54, 1.807) is 18.2 Å². The highest BCUT2D eigenvalue weighted by Gasteiger charge is 2.34. The molecule has 2 aromatic rings. The van der Waals surface area contributed by atoms with E-state index >= 15 is 0 Å². The summed E-state index contributed by atoms with van der Waals surface area (Å²) >= 11 is 0. The minimum Gasteiger partial charge on any atom is -0.493 e. The SMILES string of the molecule is COc1cc(C(=O)N(CC(C)=Cc2ccc(F)cc2F)CC2CCCN2C2CCCCC2)cc(OC)c1OC. The normalized spacial score (nSPS) is 18.7. The molecule has 1 saturated heterocycles. The first-order valence-corrected chi connectivity index (χ1v) is 13.8. The number of ether oxygens (including phenoxy) is 3. The monoisotopic (exact) mass is 542 g/mol. The van der Waals surface area contributed by atoms with E-state index in [9.17, 15) is 13.6 Å². The number of carbonyl (C=O) groups excluding carboxylic acids is 1. The van der Waals surface area contributed by atoms with Gasteiger partial charge < -0.3 is 19.1 Å². The molecule has 212 valence electrons. The van der Waals surface area contributed by atoms with Crippen molar-refractivity contribution in [3.05, 3.63) is 58.7 Å². The zero-order chi connectivity index (χ0) is 27.9. The highest BCUT2D eigenvalue weighted by molar-refractivity contribution is 5.96. The van der Waals surface area contributed by atoms with Crippen molar-refractivity contribution >= 4 is 12.0 Å². The minimum atomic E-state index is -0.629. The second-order valence-electron chi connectivity index (χ2n) is 10.6. The van der Waals surface area contributed by atoms with Gasteiger partial charge in [0.05, 0.1) is 21.3 Å². The van der Waals surface area contributed by atoms with Crippen molar-refractivity contribution in [2.75, 3.05) is 41.0 Å². The molecule has 0 aromatic heterocycles. The molecule has 0 N–H and O–H groups in total. The Morgan fingerprint density at radius 2 is 1.67 bits per heavy atom. The summed E-state index contributed by atoms with van der Waals surface area (Å²) in [5.41, 5.74) is 1.51. The molecule has 4 rings (SSSR count). The van der Waals surface area contributed by atoms with Gasteiger partial charge in [-0.1, -0.05) is 30.9 Å². The van der Waals surface area contributed by atoms with Gasteiger partial charge in [-0.05, 0) is 63.4 Å². The van der Waals surface area contributed by atoms with Crippen LogP contribution in [0.15, 0.2) is 35.9 Å². The molecule has 2 aliphatic rings. The molecule has 2 fully saturated rings. The summed E-state index contributed by atoms with van der Waals surface area (Å²) in [6, 6.07) is 7.69. The van der Waals surface area contributed by atoms with Crippen LogP contribution in [-0.4, -0.2) is 68.8 Å². The lowest BCUT2D eigenvalue weighted by molar-refractivity contribution is 0.0671. The summed E-state index contributed by atoms with van der Waals surface area (Å²) in [5, 5.41) is 0. The van der Waals surface area contributed by atoms with Gasteiger partial charge in [-0.15, -0.1) is 0 Å². The van der Waals surface area contributed by atoms with E-state index in [2.05, 4.69) is 4.90 Å². The second kappa shape index (κ2) is 13.3. The van der Waals surface area contributed by atoms with Crippen molar-refractivity contribution in [2.45, 2.75) is 64.0 Å². The van der Waals surface area contributed by atoms with Crippen LogP contribution < -0.4 is 14.2 Å². The summed E-state index contributed by atoms with van der Waals surface area (Å²) in [4.78, 5) is 18.5. The number of carbonyl (C=O) groups is 1. The minimum absolute atomic E-state index is 0.169. The third-order valence-corrected chi connectivity index (χ3v) is 7.90. The van der Waals surface area contributed by atoms with Gasteiger partial charge in [0.25, 0.3) is 5.91 Å². The Kier molecular flexibility index (Phi) is 9.83. The van der Waals surface area contributed by atoms with Crippen LogP contribution in [0.1, 0.15) is 67.8 Å². The molecule has 0 radical (unpaired) electrons. The molecule has 8 heteroatoms. The third-order valence-electron chi connectivity index (χ3n) is 7.90. The van der Waals surface area contributed by atoms with Crippen molar-refractivity contribution in [1.82, 2.24) is 9.80 Å². The van der Waals surface area contributed by atoms with E-state index < -0.39 is 11.6 Å². The van der Waals surface area contributed by atoms with Crippen LogP contribution in [0.3, 0.4) is 0 Å². The van der Waals surface area contributed by atoms with Crippen LogP contribution in [0, 0.1) is 11.6 Å². The van der Waals surface area contributed by atoms with Crippen molar-refractivity contribution < 1.29 is 27.8 Å². The Morgan fingerprint density at radius 1 is 0.974 bits per heavy atom. The van der Waals surface area contributed by atoms with Crippen molar-refractivity contribution in [1.29, 1.82) is 0 Å². The first kappa shape index (κ1) is 28.9. The molecule has 1 unspecified atom stereocenters. The predicted octanol–water partition coefficient (Wildman–Crippen LogP) is 6.33. The molecule has 1 atom stereocenters. The van der Waals surface area contributed by atoms with Crippen LogP contribution in [-0.2, 0) is 0 Å². The van der Waals surface area contributed by atoms with E-state index in [0.29, 0.717) is 47.5 Å². The maximum atomic E-state index is 14.4. The van der Waals surface area contributed by atoms with Gasteiger partial charge in [0.2, 0.25) is 5.75 Å². The standard InChI is InChI=1S/C31H40F2N2O4/c1-21(15-22-12-13-24(32)18-27(22)33)19-34(20-26-11-8-14-35(26)25-9-6-5-7-10-25)31(36)23-16-28(37-2)30(39-4)29(17-23)38-3/h12-13,15-18,25-26H,5-11,14,19-20H2,1-4H3. The lowest BCUT2D eigenvalue weighted by Crippen LogP contribution is -2.47. The number of halogens is 2. The number of amides is 1. The molecule has 39 heavy (non-hydrogen) atoms. The highest BCUT2D eigenvalue weighted by atomic mass is 19.1. The summed E-state index contributed by atoms with van der Waals surface area (Å²) in [6.07, 6.45) is 10.1. The second-order valence-corrected chi connectivity index (χ2v) is 10.6. The molecule has 1 aliphatic heterocycles. The van der Waals surface area contributed by atoms with Gasteiger partial charge in [-0.2, -0.15) is 0 Å². The lowest BCUT2D eigenvalue weighted by atomic mass is 9.93. The van der Waals surface area contributed by atoms with E-state index in [1.165, 1.54) is 65.6 Å². The molecule has 0 spiro atoms. The number of rotatable bonds is 10. The van der Waals surface area contributed by atoms with Crippen molar-refractivity contribution in [2.24, 2.45) is 0 Å². The molecule has 1 heterocycles. The Bertz CT molecular complexity index is 1150. The van der Waals surface area contributed by atoms with Crippen LogP contribution in [0.5, 0.6) is 17.2 Å². The van der Waals surface area contributed by atoms with Crippen LogP contribution in [0.25, 0.3) is 6.08 Å². The average Bonchev–Trinajstić information content (AvgIpc) is 3.41. The van der Waals surface area contributed by atoms with E-state index in [0.717, 1.165) is 31.0 Å². The number of likely N-dealkylation sites (tertiary alicyclic amines) is 1. The Hall–Kier alpha value is -3.13. The zero-order valence-corrected chi connectivity index (χ0v) is 23.5. The molecule has 6 nitrogen and oxygen atoms in total. The predicted molar refractivity (Wildman–Crippen MR) is 149 cm³/mol. The molecule has 0 bridgehead atoms. The molecular weight excluding hydrogens is 502 g/mol. The fourth-order valence-corrected chi connectivity index (χ4v) is 6.04. The first-order chi connectivity index (χ1) is 18.8. The largest absolute Gasteiger partial charge is 0.493 e. The van der Waals surface area contributed by atoms with Crippen LogP contribution in [0.4, 0.5) is 8.78 Å². The van der Waals surface area contributed by atoms with Gasteiger partial charge in [0.1, 0.15) is 11.6 Å². The smallest absolute Gasteiger partial charge is 0.254 e. The van der Waals surface area contributed by atoms with Gasteiger partial charge in [-0.25, -0.2) is 8.78 Å². The lowest BCUT2D eigenvalue weighted by Gasteiger charge is -2.38. The van der Waals surface area contributed by atoms with E-state index in [-0.39, 0.29) is 11.9 Å². The van der Waals surface area contributed by atoms with Gasteiger partial charge in [0.15, 0.2) is 11.5 Å². The fourth-order valence-electron chi connectivity index (χ4n) is 6.04. The van der Waals surface area contributed by atoms with Crippen LogP contribution in [0.2, 0.25) is 0 Å². The fraction of sp³-hybridized carbons (Fsp3) is 0.516. The summed E-state index contributed by atoms with van der Waals surface area (Å²) < 4.78 is 44.2. The van der Waals surface area contributed by atoms with E-state index in [1.807, 2.05) is 11.8 Å². The Morgan fingerprint density at radius 3 is 2.28 bits per heavy atom. The summed E-state index contributed by atoms with van der Waals surface area (Å²) in [5.74, 6) is -0.181. The summed E-state index contributed by atoms with van der Waals surface area (Å²) in [7, 11) is 4.57. The maximum absolute atomic E-state index is 14.4. The van der Waals surface area contributed by atoms with Crippen molar-refractivity contribution in [3.63, 3.8) is 0 Å². The third kappa shape index (κ3) is 6.90. The topological polar surface area (TPSA) is 51.2 Å². The van der Waals surface area contributed by atoms with Gasteiger partial charge in [-0.3, -0.25) is 9.69 Å².